The fourth-order valence-corrected chi connectivity index (χ4v) is 2.51. The lowest BCUT2D eigenvalue weighted by Gasteiger charge is -2.13. The number of phenols is 1. The van der Waals surface area contributed by atoms with Gasteiger partial charge in [0.05, 0.1) is 6.10 Å². The molecule has 2 nitrogen and oxygen atoms in total. The number of hydrogen-bond acceptors (Lipinski definition) is 2. The number of phenolic OH excluding ortho intramolecular Hbond substituents is 1. The Hall–Kier alpha value is -1.02. The van der Waals surface area contributed by atoms with Crippen molar-refractivity contribution in [3.63, 3.8) is 0 Å². The standard InChI is InChI=1S/C17H28O2/c1-3-4-5-6-7-8-9-11-16-15(14(2)18)12-10-13-17(16)19/h10,12-14,18-19H,3-9,11H2,1-2H3. The van der Waals surface area contributed by atoms with Gasteiger partial charge in [-0.1, -0.05) is 57.6 Å². The molecule has 0 spiro atoms. The number of aromatic hydroxyl groups is 1. The van der Waals surface area contributed by atoms with Crippen LogP contribution in [0.5, 0.6) is 5.75 Å². The van der Waals surface area contributed by atoms with Gasteiger partial charge in [0.1, 0.15) is 5.75 Å². The van der Waals surface area contributed by atoms with Crippen molar-refractivity contribution in [3.05, 3.63) is 29.3 Å². The van der Waals surface area contributed by atoms with E-state index >= 15 is 0 Å². The highest BCUT2D eigenvalue weighted by Gasteiger charge is 2.11. The van der Waals surface area contributed by atoms with E-state index in [1.807, 2.05) is 6.07 Å². The SMILES string of the molecule is CCCCCCCCCc1c(O)cccc1C(C)O. The van der Waals surface area contributed by atoms with Crippen LogP contribution in [0.3, 0.4) is 0 Å². The first-order valence-electron chi connectivity index (χ1n) is 7.65. The highest BCUT2D eigenvalue weighted by molar-refractivity contribution is 5.40. The molecule has 1 rings (SSSR count). The van der Waals surface area contributed by atoms with Crippen LogP contribution in [0.4, 0.5) is 0 Å². The summed E-state index contributed by atoms with van der Waals surface area (Å²) in [6, 6.07) is 5.41. The third-order valence-corrected chi connectivity index (χ3v) is 3.67. The molecule has 108 valence electrons. The molecule has 0 aliphatic rings. The van der Waals surface area contributed by atoms with Gasteiger partial charge in [-0.3, -0.25) is 0 Å². The van der Waals surface area contributed by atoms with E-state index < -0.39 is 6.10 Å². The van der Waals surface area contributed by atoms with Crippen molar-refractivity contribution in [1.82, 2.24) is 0 Å². The summed E-state index contributed by atoms with van der Waals surface area (Å²) in [7, 11) is 0. The van der Waals surface area contributed by atoms with Crippen molar-refractivity contribution in [2.45, 2.75) is 71.3 Å². The molecule has 0 fully saturated rings. The molecule has 0 bridgehead atoms. The van der Waals surface area contributed by atoms with Gasteiger partial charge in [-0.15, -0.1) is 0 Å². The largest absolute Gasteiger partial charge is 0.508 e. The monoisotopic (exact) mass is 264 g/mol. The summed E-state index contributed by atoms with van der Waals surface area (Å²) in [5, 5.41) is 19.6. The number of rotatable bonds is 9. The molecule has 0 amide bonds. The third-order valence-electron chi connectivity index (χ3n) is 3.67. The van der Waals surface area contributed by atoms with E-state index in [0.29, 0.717) is 5.75 Å². The van der Waals surface area contributed by atoms with Gasteiger partial charge in [0, 0.05) is 0 Å². The molecule has 0 saturated carbocycles. The first kappa shape index (κ1) is 16.0. The van der Waals surface area contributed by atoms with Gasteiger partial charge >= 0.3 is 0 Å². The van der Waals surface area contributed by atoms with E-state index in [2.05, 4.69) is 6.92 Å². The topological polar surface area (TPSA) is 40.5 Å². The number of unbranched alkanes of at least 4 members (excludes halogenated alkanes) is 6. The van der Waals surface area contributed by atoms with Crippen LogP contribution in [0.15, 0.2) is 18.2 Å². The second kappa shape index (κ2) is 8.98. The molecule has 0 saturated heterocycles. The minimum atomic E-state index is -0.508. The average Bonchev–Trinajstić information content (AvgIpc) is 2.39. The van der Waals surface area contributed by atoms with Crippen LogP contribution in [-0.4, -0.2) is 10.2 Å². The lowest BCUT2D eigenvalue weighted by atomic mass is 9.97. The molecule has 0 heterocycles. The van der Waals surface area contributed by atoms with Gasteiger partial charge in [-0.2, -0.15) is 0 Å². The summed E-state index contributed by atoms with van der Waals surface area (Å²) >= 11 is 0. The molecule has 0 aromatic heterocycles. The smallest absolute Gasteiger partial charge is 0.119 e. The van der Waals surface area contributed by atoms with Crippen LogP contribution < -0.4 is 0 Å². The molecule has 1 unspecified atom stereocenters. The van der Waals surface area contributed by atoms with E-state index in [-0.39, 0.29) is 0 Å². The molecular formula is C17H28O2. The highest BCUT2D eigenvalue weighted by Crippen LogP contribution is 2.27. The fraction of sp³-hybridized carbons (Fsp3) is 0.647. The maximum atomic E-state index is 9.90. The van der Waals surface area contributed by atoms with Crippen molar-refractivity contribution < 1.29 is 10.2 Å². The fourth-order valence-electron chi connectivity index (χ4n) is 2.51. The number of hydrogen-bond donors (Lipinski definition) is 2. The molecule has 1 aromatic carbocycles. The Morgan fingerprint density at radius 1 is 1.00 bits per heavy atom. The van der Waals surface area contributed by atoms with Crippen LogP contribution in [0, 0.1) is 0 Å². The minimum absolute atomic E-state index is 0.324. The summed E-state index contributed by atoms with van der Waals surface area (Å²) in [5.41, 5.74) is 1.79. The van der Waals surface area contributed by atoms with Crippen molar-refractivity contribution in [3.8, 4) is 5.75 Å². The third kappa shape index (κ3) is 5.65. The normalized spacial score (nSPS) is 12.6. The molecule has 19 heavy (non-hydrogen) atoms. The second-order valence-electron chi connectivity index (χ2n) is 5.39. The Labute approximate surface area is 117 Å². The molecular weight excluding hydrogens is 236 g/mol. The van der Waals surface area contributed by atoms with E-state index in [0.717, 1.165) is 24.0 Å². The predicted molar refractivity (Wildman–Crippen MR) is 80.4 cm³/mol. The second-order valence-corrected chi connectivity index (χ2v) is 5.39. The lowest BCUT2D eigenvalue weighted by molar-refractivity contribution is 0.197. The molecule has 1 aromatic rings. The summed E-state index contributed by atoms with van der Waals surface area (Å²) in [5.74, 6) is 0.324. The Bertz CT molecular complexity index is 358. The number of benzene rings is 1. The summed E-state index contributed by atoms with van der Waals surface area (Å²) in [6.07, 6.45) is 9.20. The van der Waals surface area contributed by atoms with Crippen LogP contribution >= 0.6 is 0 Å². The van der Waals surface area contributed by atoms with Crippen molar-refractivity contribution >= 4 is 0 Å². The average molecular weight is 264 g/mol. The van der Waals surface area contributed by atoms with Gasteiger partial charge in [0.15, 0.2) is 0 Å². The van der Waals surface area contributed by atoms with Crippen LogP contribution in [0.25, 0.3) is 0 Å². The number of aliphatic hydroxyl groups excluding tert-OH is 1. The zero-order chi connectivity index (χ0) is 14.1. The van der Waals surface area contributed by atoms with Crippen LogP contribution in [-0.2, 0) is 6.42 Å². The maximum Gasteiger partial charge on any atom is 0.119 e. The van der Waals surface area contributed by atoms with Crippen molar-refractivity contribution in [1.29, 1.82) is 0 Å². The van der Waals surface area contributed by atoms with Gasteiger partial charge in [-0.05, 0) is 37.0 Å². The number of aliphatic hydroxyl groups is 1. The van der Waals surface area contributed by atoms with E-state index in [4.69, 9.17) is 0 Å². The van der Waals surface area contributed by atoms with Crippen molar-refractivity contribution in [2.75, 3.05) is 0 Å². The highest BCUT2D eigenvalue weighted by atomic mass is 16.3. The van der Waals surface area contributed by atoms with Gasteiger partial charge in [0.2, 0.25) is 0 Å². The molecule has 0 radical (unpaired) electrons. The summed E-state index contributed by atoms with van der Waals surface area (Å²) < 4.78 is 0. The Kier molecular flexibility index (Phi) is 7.57. The Balaban J connectivity index is 2.36. The molecule has 2 N–H and O–H groups in total. The first-order valence-corrected chi connectivity index (χ1v) is 7.65. The van der Waals surface area contributed by atoms with E-state index in [1.54, 1.807) is 19.1 Å². The van der Waals surface area contributed by atoms with E-state index in [1.165, 1.54) is 38.5 Å². The van der Waals surface area contributed by atoms with Gasteiger partial charge in [-0.25, -0.2) is 0 Å². The Morgan fingerprint density at radius 3 is 2.26 bits per heavy atom. The minimum Gasteiger partial charge on any atom is -0.508 e. The Morgan fingerprint density at radius 2 is 1.63 bits per heavy atom. The molecule has 0 aliphatic heterocycles. The van der Waals surface area contributed by atoms with Crippen LogP contribution in [0.1, 0.15) is 76.0 Å². The maximum absolute atomic E-state index is 9.90. The van der Waals surface area contributed by atoms with Gasteiger partial charge < -0.3 is 10.2 Å². The first-order chi connectivity index (χ1) is 9.16. The summed E-state index contributed by atoms with van der Waals surface area (Å²) in [4.78, 5) is 0. The lowest BCUT2D eigenvalue weighted by Crippen LogP contribution is -1.99. The van der Waals surface area contributed by atoms with Gasteiger partial charge in [0.25, 0.3) is 0 Å². The molecule has 0 aliphatic carbocycles. The molecule has 2 heteroatoms. The van der Waals surface area contributed by atoms with Crippen LogP contribution in [0.2, 0.25) is 0 Å². The molecule has 1 atom stereocenters. The quantitative estimate of drug-likeness (QED) is 0.632. The predicted octanol–water partition coefficient (Wildman–Crippen LogP) is 4.74. The van der Waals surface area contributed by atoms with Crippen molar-refractivity contribution in [2.24, 2.45) is 0 Å². The zero-order valence-corrected chi connectivity index (χ0v) is 12.4. The zero-order valence-electron chi connectivity index (χ0n) is 12.4. The van der Waals surface area contributed by atoms with E-state index in [9.17, 15) is 10.2 Å². The summed E-state index contributed by atoms with van der Waals surface area (Å²) in [6.45, 7) is 3.98.